The van der Waals surface area contributed by atoms with Crippen LogP contribution >= 0.6 is 0 Å². The minimum Gasteiger partial charge on any atom is -0.453 e. The normalized spacial score (nSPS) is 17.3. The van der Waals surface area contributed by atoms with Crippen molar-refractivity contribution < 1.29 is 28.7 Å². The number of nitrogens with zero attached hydrogens (tertiary/aromatic N) is 4. The lowest BCUT2D eigenvalue weighted by Gasteiger charge is -2.28. The van der Waals surface area contributed by atoms with Crippen LogP contribution in [0, 0.1) is 11.8 Å². The lowest BCUT2D eigenvalue weighted by molar-refractivity contribution is -0.142. The topological polar surface area (TPSA) is 175 Å². The number of aromatic amines is 2. The highest BCUT2D eigenvalue weighted by atomic mass is 16.6. The third-order valence-electron chi connectivity index (χ3n) is 10.0. The Morgan fingerprint density at radius 1 is 0.750 bits per heavy atom. The van der Waals surface area contributed by atoms with Gasteiger partial charge in [-0.25, -0.2) is 19.6 Å². The van der Waals surface area contributed by atoms with E-state index in [4.69, 9.17) is 9.47 Å². The Kier molecular flexibility index (Phi) is 11.4. The van der Waals surface area contributed by atoms with Crippen molar-refractivity contribution in [2.24, 2.45) is 0 Å². The molecule has 3 aromatic carbocycles. The molecule has 14 heteroatoms. The van der Waals surface area contributed by atoms with Crippen LogP contribution in [-0.2, 0) is 19.1 Å². The first kappa shape index (κ1) is 37.4. The molecular weight excluding hydrogens is 713 g/mol. The zero-order chi connectivity index (χ0) is 39.0. The number of aromatic nitrogens is 4. The summed E-state index contributed by atoms with van der Waals surface area (Å²) in [6.45, 7) is 1.05. The predicted molar refractivity (Wildman–Crippen MR) is 205 cm³/mol. The standard InChI is InChI=1S/C42H42N8O6/c1-43-41(53)56-36(30-13-7-4-8-14-30)40(52)50-24-10-16-34(50)38-45-26-32(47-38)28-20-17-27(18-21-28)19-22-31-25-44-37(46-31)33-15-9-23-49(33)39(51)35(48-42(54)55-2)29-11-5-3-6-12-29/h3-8,11-14,17-18,20-21,25-26,33-36H,9-10,15-16,23-24H2,1-2H3,(H,43,53)(H,44,46)(H,45,47)(H,48,54)/t33-,34-,35+,36+/m0/s1. The number of likely N-dealkylation sites (tertiary alicyclic amines) is 2. The number of nitrogens with one attached hydrogen (secondary N) is 4. The number of ether oxygens (including phenoxy) is 2. The molecule has 0 bridgehead atoms. The van der Waals surface area contributed by atoms with Crippen molar-refractivity contribution in [3.8, 4) is 23.1 Å². The second kappa shape index (κ2) is 17.1. The smallest absolute Gasteiger partial charge is 0.408 e. The molecule has 0 spiro atoms. The van der Waals surface area contributed by atoms with E-state index in [1.165, 1.54) is 14.2 Å². The molecule has 2 fully saturated rings. The summed E-state index contributed by atoms with van der Waals surface area (Å²) in [5.41, 5.74) is 4.36. The molecule has 4 atom stereocenters. The van der Waals surface area contributed by atoms with Crippen LogP contribution in [0.3, 0.4) is 0 Å². The average Bonchev–Trinajstić information content (AvgIpc) is 4.08. The Morgan fingerprint density at radius 3 is 2.00 bits per heavy atom. The summed E-state index contributed by atoms with van der Waals surface area (Å²) >= 11 is 0. The second-order valence-corrected chi connectivity index (χ2v) is 13.5. The van der Waals surface area contributed by atoms with Crippen LogP contribution in [0.4, 0.5) is 9.59 Å². The number of hydrogen-bond donors (Lipinski definition) is 4. The Balaban J connectivity index is 1.01. The minimum atomic E-state index is -1.08. The van der Waals surface area contributed by atoms with Crippen molar-refractivity contribution in [3.05, 3.63) is 131 Å². The predicted octanol–water partition coefficient (Wildman–Crippen LogP) is 5.72. The fourth-order valence-electron chi connectivity index (χ4n) is 7.21. The summed E-state index contributed by atoms with van der Waals surface area (Å²) in [6.07, 6.45) is 4.00. The van der Waals surface area contributed by atoms with Crippen molar-refractivity contribution >= 4 is 24.0 Å². The quantitative estimate of drug-likeness (QED) is 0.138. The van der Waals surface area contributed by atoms with Gasteiger partial charge in [-0.3, -0.25) is 9.59 Å². The Bertz CT molecular complexity index is 2230. The monoisotopic (exact) mass is 754 g/mol. The molecule has 0 unspecified atom stereocenters. The highest BCUT2D eigenvalue weighted by molar-refractivity contribution is 5.87. The van der Waals surface area contributed by atoms with Crippen molar-refractivity contribution in [3.63, 3.8) is 0 Å². The number of carbonyl (C=O) groups excluding carboxylic acids is 4. The SMILES string of the molecule is CNC(=O)O[C@@H](C(=O)N1CCC[C@H]1c1ncc(-c2ccc(C#Cc3cnc([C@@H]4CCCN4C(=O)[C@H](NC(=O)OC)c4ccccc4)[nH]3)cc2)[nH]1)c1ccccc1. The van der Waals surface area contributed by atoms with E-state index in [1.807, 2.05) is 48.5 Å². The van der Waals surface area contributed by atoms with Crippen LogP contribution in [-0.4, -0.2) is 81.0 Å². The van der Waals surface area contributed by atoms with Gasteiger partial charge >= 0.3 is 12.2 Å². The fourth-order valence-corrected chi connectivity index (χ4v) is 7.21. The summed E-state index contributed by atoms with van der Waals surface area (Å²) in [5.74, 6) is 7.08. The molecular formula is C42H42N8O6. The molecule has 4 heterocycles. The molecule has 7 rings (SSSR count). The third-order valence-corrected chi connectivity index (χ3v) is 10.0. The van der Waals surface area contributed by atoms with Crippen LogP contribution in [0.2, 0.25) is 0 Å². The Labute approximate surface area is 324 Å². The second-order valence-electron chi connectivity index (χ2n) is 13.5. The van der Waals surface area contributed by atoms with Crippen LogP contribution in [0.15, 0.2) is 97.3 Å². The molecule has 2 aliphatic heterocycles. The lowest BCUT2D eigenvalue weighted by Crippen LogP contribution is -2.42. The van der Waals surface area contributed by atoms with E-state index in [0.717, 1.165) is 42.5 Å². The average molecular weight is 755 g/mol. The number of H-pyrrole nitrogens is 2. The maximum atomic E-state index is 13.8. The van der Waals surface area contributed by atoms with Gasteiger partial charge < -0.3 is 39.9 Å². The van der Waals surface area contributed by atoms with Crippen molar-refractivity contribution in [2.45, 2.75) is 49.9 Å². The third kappa shape index (κ3) is 8.27. The van der Waals surface area contributed by atoms with Gasteiger partial charge in [-0.15, -0.1) is 0 Å². The lowest BCUT2D eigenvalue weighted by atomic mass is 10.1. The molecule has 4 N–H and O–H groups in total. The van der Waals surface area contributed by atoms with E-state index in [9.17, 15) is 19.2 Å². The first-order valence-corrected chi connectivity index (χ1v) is 18.5. The van der Waals surface area contributed by atoms with Gasteiger partial charge in [0, 0.05) is 31.3 Å². The van der Waals surface area contributed by atoms with Crippen molar-refractivity contribution in [1.82, 2.24) is 40.4 Å². The van der Waals surface area contributed by atoms with E-state index in [0.29, 0.717) is 41.6 Å². The maximum absolute atomic E-state index is 13.8. The number of rotatable bonds is 9. The number of imidazole rings is 2. The summed E-state index contributed by atoms with van der Waals surface area (Å²) < 4.78 is 10.3. The first-order chi connectivity index (χ1) is 27.3. The minimum absolute atomic E-state index is 0.240. The summed E-state index contributed by atoms with van der Waals surface area (Å²) in [5, 5.41) is 5.12. The molecule has 4 amide bonds. The molecule has 5 aromatic rings. The van der Waals surface area contributed by atoms with Crippen LogP contribution in [0.1, 0.15) is 83.9 Å². The summed E-state index contributed by atoms with van der Waals surface area (Å²) in [6, 6.07) is 24.3. The zero-order valence-electron chi connectivity index (χ0n) is 31.0. The molecule has 56 heavy (non-hydrogen) atoms. The number of amides is 4. The molecule has 14 nitrogen and oxygen atoms in total. The summed E-state index contributed by atoms with van der Waals surface area (Å²) in [7, 11) is 2.73. The van der Waals surface area contributed by atoms with Gasteiger partial charge in [-0.05, 0) is 54.9 Å². The van der Waals surface area contributed by atoms with Crippen molar-refractivity contribution in [1.29, 1.82) is 0 Å². The molecule has 2 aromatic heterocycles. The maximum Gasteiger partial charge on any atom is 0.408 e. The van der Waals surface area contributed by atoms with Gasteiger partial charge in [0.25, 0.3) is 11.8 Å². The van der Waals surface area contributed by atoms with Gasteiger partial charge in [0.1, 0.15) is 23.4 Å². The number of methoxy groups -OCH3 is 1. The van der Waals surface area contributed by atoms with E-state index in [1.54, 1.807) is 58.6 Å². The highest BCUT2D eigenvalue weighted by Gasteiger charge is 2.39. The first-order valence-electron chi connectivity index (χ1n) is 18.5. The van der Waals surface area contributed by atoms with E-state index in [-0.39, 0.29) is 23.9 Å². The van der Waals surface area contributed by atoms with Gasteiger partial charge in [0.05, 0.1) is 37.3 Å². The highest BCUT2D eigenvalue weighted by Crippen LogP contribution is 2.35. The number of carbonyl (C=O) groups is 4. The Morgan fingerprint density at radius 2 is 1.36 bits per heavy atom. The van der Waals surface area contributed by atoms with Gasteiger partial charge in [-0.1, -0.05) is 78.7 Å². The molecule has 2 saturated heterocycles. The largest absolute Gasteiger partial charge is 0.453 e. The van der Waals surface area contributed by atoms with Crippen LogP contribution in [0.25, 0.3) is 11.3 Å². The van der Waals surface area contributed by atoms with E-state index >= 15 is 0 Å². The van der Waals surface area contributed by atoms with Crippen LogP contribution < -0.4 is 10.6 Å². The summed E-state index contributed by atoms with van der Waals surface area (Å²) in [4.78, 5) is 71.3. The van der Waals surface area contributed by atoms with Gasteiger partial charge in [0.2, 0.25) is 6.10 Å². The molecule has 286 valence electrons. The van der Waals surface area contributed by atoms with Gasteiger partial charge in [-0.2, -0.15) is 0 Å². The number of hydrogen-bond acceptors (Lipinski definition) is 8. The Hall–Kier alpha value is -6.88. The van der Waals surface area contributed by atoms with E-state index in [2.05, 4.69) is 42.4 Å². The molecule has 0 radical (unpaired) electrons. The molecule has 2 aliphatic rings. The van der Waals surface area contributed by atoms with Crippen LogP contribution in [0.5, 0.6) is 0 Å². The number of alkyl carbamates (subject to hydrolysis) is 2. The zero-order valence-corrected chi connectivity index (χ0v) is 31.0. The number of benzene rings is 3. The van der Waals surface area contributed by atoms with Gasteiger partial charge in [0.15, 0.2) is 0 Å². The van der Waals surface area contributed by atoms with Crippen molar-refractivity contribution in [2.75, 3.05) is 27.2 Å². The van der Waals surface area contributed by atoms with E-state index < -0.39 is 24.3 Å². The molecule has 0 saturated carbocycles. The fraction of sp³-hybridized carbons (Fsp3) is 0.286. The molecule has 0 aliphatic carbocycles.